The lowest BCUT2D eigenvalue weighted by Crippen LogP contribution is -2.07. The van der Waals surface area contributed by atoms with Crippen molar-refractivity contribution >= 4 is 16.9 Å². The molecule has 140 valence electrons. The van der Waals surface area contributed by atoms with Crippen LogP contribution < -0.4 is 10.1 Å². The van der Waals surface area contributed by atoms with Crippen LogP contribution in [0.2, 0.25) is 0 Å². The molecule has 5 rings (SSSR count). The smallest absolute Gasteiger partial charge is 0.178 e. The summed E-state index contributed by atoms with van der Waals surface area (Å²) in [7, 11) is 1.69. The Balaban J connectivity index is 1.45. The molecule has 4 aromatic rings. The van der Waals surface area contributed by atoms with Crippen molar-refractivity contribution in [1.29, 1.82) is 0 Å². The van der Waals surface area contributed by atoms with Gasteiger partial charge >= 0.3 is 0 Å². The molecule has 28 heavy (non-hydrogen) atoms. The van der Waals surface area contributed by atoms with Crippen LogP contribution in [0.3, 0.4) is 0 Å². The summed E-state index contributed by atoms with van der Waals surface area (Å²) >= 11 is 0. The molecule has 0 fully saturated rings. The number of aromatic amines is 1. The van der Waals surface area contributed by atoms with Crippen molar-refractivity contribution in [1.82, 2.24) is 15.0 Å². The molecule has 1 unspecified atom stereocenters. The number of methoxy groups -OCH3 is 1. The van der Waals surface area contributed by atoms with E-state index in [9.17, 15) is 0 Å². The van der Waals surface area contributed by atoms with Crippen molar-refractivity contribution in [3.8, 4) is 5.75 Å². The highest BCUT2D eigenvalue weighted by Gasteiger charge is 2.26. The third-order valence-electron chi connectivity index (χ3n) is 5.45. The summed E-state index contributed by atoms with van der Waals surface area (Å²) in [5.41, 5.74) is 8.23. The molecule has 2 N–H and O–H groups in total. The highest BCUT2D eigenvalue weighted by Crippen LogP contribution is 2.38. The minimum atomic E-state index is 0.220. The molecular formula is C23H22N4O. The Labute approximate surface area is 163 Å². The van der Waals surface area contributed by atoms with Crippen molar-refractivity contribution in [2.24, 2.45) is 0 Å². The number of imidazole rings is 1. The zero-order valence-electron chi connectivity index (χ0n) is 16.0. The Morgan fingerprint density at radius 2 is 1.96 bits per heavy atom. The molecule has 2 aromatic carbocycles. The third-order valence-corrected chi connectivity index (χ3v) is 5.45. The third kappa shape index (κ3) is 2.89. The first-order valence-corrected chi connectivity index (χ1v) is 9.53. The van der Waals surface area contributed by atoms with Crippen molar-refractivity contribution in [3.63, 3.8) is 0 Å². The molecule has 5 nitrogen and oxygen atoms in total. The lowest BCUT2D eigenvalue weighted by Gasteiger charge is -2.14. The average molecular weight is 370 g/mol. The average Bonchev–Trinajstić information content (AvgIpc) is 3.31. The first-order valence-electron chi connectivity index (χ1n) is 9.53. The van der Waals surface area contributed by atoms with Crippen LogP contribution in [-0.4, -0.2) is 22.1 Å². The minimum Gasteiger partial charge on any atom is -0.497 e. The number of aryl methyl sites for hydroxylation is 1. The zero-order chi connectivity index (χ0) is 19.1. The van der Waals surface area contributed by atoms with Gasteiger partial charge in [-0.1, -0.05) is 30.3 Å². The van der Waals surface area contributed by atoms with Gasteiger partial charge in [-0.15, -0.1) is 0 Å². The number of ether oxygens (including phenoxy) is 1. The van der Waals surface area contributed by atoms with E-state index in [0.717, 1.165) is 35.6 Å². The van der Waals surface area contributed by atoms with Gasteiger partial charge in [-0.3, -0.25) is 0 Å². The van der Waals surface area contributed by atoms with Crippen LogP contribution in [0.5, 0.6) is 5.75 Å². The second kappa shape index (κ2) is 6.68. The maximum absolute atomic E-state index is 5.27. The number of pyridine rings is 1. The number of H-pyrrole nitrogens is 1. The van der Waals surface area contributed by atoms with E-state index in [1.54, 1.807) is 7.11 Å². The van der Waals surface area contributed by atoms with Crippen LogP contribution in [0.15, 0.2) is 54.7 Å². The maximum Gasteiger partial charge on any atom is 0.178 e. The first-order chi connectivity index (χ1) is 13.7. The lowest BCUT2D eigenvalue weighted by molar-refractivity contribution is 0.414. The van der Waals surface area contributed by atoms with E-state index >= 15 is 0 Å². The van der Waals surface area contributed by atoms with Crippen molar-refractivity contribution in [2.75, 3.05) is 12.4 Å². The predicted molar refractivity (Wildman–Crippen MR) is 111 cm³/mol. The summed E-state index contributed by atoms with van der Waals surface area (Å²) in [6.45, 7) is 1.97. The molecule has 0 spiro atoms. The molecule has 0 radical (unpaired) electrons. The standard InChI is InChI=1S/C23H22N4O/c1-14-25-22-19(10-11-24-23(22)26-14)20-13-17-5-3-4-16(21(17)27-20)12-15-6-8-18(28-2)9-7-15/h3-11,20,27H,12-13H2,1-2H3,(H,24,25,26). The Kier molecular flexibility index (Phi) is 4.01. The Morgan fingerprint density at radius 3 is 2.79 bits per heavy atom. The predicted octanol–water partition coefficient (Wildman–Crippen LogP) is 4.58. The summed E-state index contributed by atoms with van der Waals surface area (Å²) in [5, 5.41) is 3.76. The highest BCUT2D eigenvalue weighted by atomic mass is 16.5. The molecule has 1 aliphatic rings. The van der Waals surface area contributed by atoms with E-state index in [-0.39, 0.29) is 6.04 Å². The van der Waals surface area contributed by atoms with Crippen LogP contribution in [0, 0.1) is 6.92 Å². The van der Waals surface area contributed by atoms with Crippen molar-refractivity contribution < 1.29 is 4.74 Å². The summed E-state index contributed by atoms with van der Waals surface area (Å²) in [6, 6.07) is 17.2. The van der Waals surface area contributed by atoms with Gasteiger partial charge in [0.25, 0.3) is 0 Å². The van der Waals surface area contributed by atoms with Crippen LogP contribution in [0.1, 0.15) is 34.1 Å². The van der Waals surface area contributed by atoms with Crippen LogP contribution in [0.4, 0.5) is 5.69 Å². The number of rotatable bonds is 4. The van der Waals surface area contributed by atoms with Crippen molar-refractivity contribution in [3.05, 3.63) is 82.8 Å². The summed E-state index contributed by atoms with van der Waals surface area (Å²) < 4.78 is 5.27. The summed E-state index contributed by atoms with van der Waals surface area (Å²) in [4.78, 5) is 12.2. The number of nitrogens with one attached hydrogen (secondary N) is 2. The van der Waals surface area contributed by atoms with E-state index in [1.165, 1.54) is 27.9 Å². The Bertz CT molecular complexity index is 1150. The number of hydrogen-bond acceptors (Lipinski definition) is 4. The normalized spacial score (nSPS) is 15.4. The van der Waals surface area contributed by atoms with Crippen molar-refractivity contribution in [2.45, 2.75) is 25.8 Å². The van der Waals surface area contributed by atoms with Gasteiger partial charge in [0.1, 0.15) is 11.6 Å². The van der Waals surface area contributed by atoms with Gasteiger partial charge in [-0.2, -0.15) is 0 Å². The summed E-state index contributed by atoms with van der Waals surface area (Å²) in [6.07, 6.45) is 3.70. The van der Waals surface area contributed by atoms with Gasteiger partial charge in [0.15, 0.2) is 5.65 Å². The molecule has 0 saturated heterocycles. The Morgan fingerprint density at radius 1 is 1.11 bits per heavy atom. The van der Waals surface area contributed by atoms with E-state index < -0.39 is 0 Å². The van der Waals surface area contributed by atoms with E-state index in [4.69, 9.17) is 4.74 Å². The number of benzene rings is 2. The molecule has 0 saturated carbocycles. The van der Waals surface area contributed by atoms with E-state index in [1.807, 2.05) is 25.3 Å². The van der Waals surface area contributed by atoms with Crippen LogP contribution >= 0.6 is 0 Å². The lowest BCUT2D eigenvalue weighted by atomic mass is 9.99. The molecule has 3 heterocycles. The maximum atomic E-state index is 5.27. The molecule has 2 aromatic heterocycles. The van der Waals surface area contributed by atoms with Gasteiger partial charge in [0.05, 0.1) is 18.7 Å². The minimum absolute atomic E-state index is 0.220. The second-order valence-electron chi connectivity index (χ2n) is 7.30. The number of para-hydroxylation sites is 1. The van der Waals surface area contributed by atoms with E-state index in [2.05, 4.69) is 56.7 Å². The van der Waals surface area contributed by atoms with Gasteiger partial charge in [0.2, 0.25) is 0 Å². The highest BCUT2D eigenvalue weighted by molar-refractivity contribution is 5.77. The number of aromatic nitrogens is 3. The molecule has 0 bridgehead atoms. The molecule has 0 aliphatic carbocycles. The van der Waals surface area contributed by atoms with Gasteiger partial charge in [-0.05, 0) is 54.7 Å². The topological polar surface area (TPSA) is 62.8 Å². The largest absolute Gasteiger partial charge is 0.497 e. The summed E-state index contributed by atoms with van der Waals surface area (Å²) in [5.74, 6) is 1.78. The fourth-order valence-electron chi connectivity index (χ4n) is 4.09. The number of fused-ring (bicyclic) bond motifs is 2. The number of anilines is 1. The number of hydrogen-bond donors (Lipinski definition) is 2. The molecular weight excluding hydrogens is 348 g/mol. The zero-order valence-corrected chi connectivity index (χ0v) is 16.0. The fraction of sp³-hybridized carbons (Fsp3) is 0.217. The molecule has 5 heteroatoms. The molecule has 0 amide bonds. The van der Waals surface area contributed by atoms with Gasteiger partial charge in [-0.25, -0.2) is 9.97 Å². The van der Waals surface area contributed by atoms with Crippen LogP contribution in [0.25, 0.3) is 11.2 Å². The SMILES string of the molecule is COc1ccc(Cc2cccc3c2NC(c2ccnc4nc(C)[nH]c24)C3)cc1. The first kappa shape index (κ1) is 16.8. The number of nitrogens with zero attached hydrogens (tertiary/aromatic N) is 2. The fourth-order valence-corrected chi connectivity index (χ4v) is 4.09. The second-order valence-corrected chi connectivity index (χ2v) is 7.30. The van der Waals surface area contributed by atoms with Gasteiger partial charge in [0, 0.05) is 17.4 Å². The van der Waals surface area contributed by atoms with E-state index in [0.29, 0.717) is 0 Å². The van der Waals surface area contributed by atoms with Gasteiger partial charge < -0.3 is 15.0 Å². The Hall–Kier alpha value is -3.34. The molecule has 1 aliphatic heterocycles. The van der Waals surface area contributed by atoms with Crippen LogP contribution in [-0.2, 0) is 12.8 Å². The monoisotopic (exact) mass is 370 g/mol. The quantitative estimate of drug-likeness (QED) is 0.552. The molecule has 1 atom stereocenters.